The number of amides is 2. The highest BCUT2D eigenvalue weighted by molar-refractivity contribution is 5.95. The van der Waals surface area contributed by atoms with E-state index in [0.717, 1.165) is 17.7 Å². The SMILES string of the molecule is Cc1cccc(N2CC3(COCCN(C(=O)C4(F)CCC4)C3)OCC2=O)c1. The third-order valence-corrected chi connectivity index (χ3v) is 5.73. The molecule has 4 rings (SSSR count). The van der Waals surface area contributed by atoms with E-state index in [1.54, 1.807) is 4.90 Å². The fourth-order valence-electron chi connectivity index (χ4n) is 3.99. The van der Waals surface area contributed by atoms with E-state index in [2.05, 4.69) is 0 Å². The third-order valence-electron chi connectivity index (χ3n) is 5.73. The van der Waals surface area contributed by atoms with Gasteiger partial charge in [-0.1, -0.05) is 12.1 Å². The zero-order chi connectivity index (χ0) is 19.1. The van der Waals surface area contributed by atoms with Gasteiger partial charge in [-0.05, 0) is 43.9 Å². The Morgan fingerprint density at radius 1 is 1.26 bits per heavy atom. The Balaban J connectivity index is 1.57. The van der Waals surface area contributed by atoms with Crippen LogP contribution in [0.25, 0.3) is 0 Å². The fraction of sp³-hybridized carbons (Fsp3) is 0.600. The van der Waals surface area contributed by atoms with E-state index in [-0.39, 0.29) is 45.1 Å². The molecule has 1 aromatic rings. The molecule has 3 aliphatic rings. The van der Waals surface area contributed by atoms with Crippen LogP contribution >= 0.6 is 0 Å². The monoisotopic (exact) mass is 376 g/mol. The maximum Gasteiger partial charge on any atom is 0.260 e. The molecule has 2 heterocycles. The molecule has 1 atom stereocenters. The number of carbonyl (C=O) groups is 2. The molecule has 0 bridgehead atoms. The number of rotatable bonds is 2. The molecule has 146 valence electrons. The molecule has 1 aromatic carbocycles. The maximum atomic E-state index is 14.7. The van der Waals surface area contributed by atoms with Crippen LogP contribution in [0, 0.1) is 6.92 Å². The molecule has 2 saturated heterocycles. The normalized spacial score (nSPS) is 28.0. The number of halogens is 1. The largest absolute Gasteiger partial charge is 0.376 e. The second kappa shape index (κ2) is 6.87. The van der Waals surface area contributed by atoms with Crippen molar-refractivity contribution < 1.29 is 23.5 Å². The van der Waals surface area contributed by atoms with Gasteiger partial charge in [0.25, 0.3) is 11.8 Å². The van der Waals surface area contributed by atoms with Crippen molar-refractivity contribution in [1.29, 1.82) is 0 Å². The van der Waals surface area contributed by atoms with Gasteiger partial charge in [-0.15, -0.1) is 0 Å². The van der Waals surface area contributed by atoms with Crippen molar-refractivity contribution in [3.8, 4) is 0 Å². The summed E-state index contributed by atoms with van der Waals surface area (Å²) in [4.78, 5) is 28.4. The summed E-state index contributed by atoms with van der Waals surface area (Å²) in [6.07, 6.45) is 1.31. The fourth-order valence-corrected chi connectivity index (χ4v) is 3.99. The zero-order valence-electron chi connectivity index (χ0n) is 15.6. The number of nitrogens with zero attached hydrogens (tertiary/aromatic N) is 2. The first kappa shape index (κ1) is 18.4. The van der Waals surface area contributed by atoms with E-state index >= 15 is 0 Å². The van der Waals surface area contributed by atoms with Crippen molar-refractivity contribution >= 4 is 17.5 Å². The van der Waals surface area contributed by atoms with Gasteiger partial charge >= 0.3 is 0 Å². The van der Waals surface area contributed by atoms with Crippen molar-refractivity contribution in [3.63, 3.8) is 0 Å². The number of morpholine rings is 1. The summed E-state index contributed by atoms with van der Waals surface area (Å²) in [7, 11) is 0. The molecule has 27 heavy (non-hydrogen) atoms. The number of alkyl halides is 1. The predicted octanol–water partition coefficient (Wildman–Crippen LogP) is 1.85. The Morgan fingerprint density at radius 2 is 2.07 bits per heavy atom. The minimum atomic E-state index is -1.74. The van der Waals surface area contributed by atoms with Crippen LogP contribution in [-0.4, -0.2) is 67.4 Å². The van der Waals surface area contributed by atoms with Crippen LogP contribution < -0.4 is 4.90 Å². The molecule has 0 radical (unpaired) electrons. The lowest BCUT2D eigenvalue weighted by Crippen LogP contribution is -2.62. The van der Waals surface area contributed by atoms with Gasteiger partial charge in [-0.2, -0.15) is 0 Å². The van der Waals surface area contributed by atoms with E-state index in [0.29, 0.717) is 13.2 Å². The van der Waals surface area contributed by atoms with Crippen LogP contribution in [0.2, 0.25) is 0 Å². The minimum Gasteiger partial charge on any atom is -0.376 e. The number of hydrogen-bond acceptors (Lipinski definition) is 4. The average molecular weight is 376 g/mol. The van der Waals surface area contributed by atoms with Gasteiger partial charge in [-0.25, -0.2) is 4.39 Å². The Kier molecular flexibility index (Phi) is 4.68. The number of anilines is 1. The highest BCUT2D eigenvalue weighted by Gasteiger charge is 2.50. The Labute approximate surface area is 158 Å². The van der Waals surface area contributed by atoms with E-state index in [9.17, 15) is 14.0 Å². The van der Waals surface area contributed by atoms with Gasteiger partial charge in [0.2, 0.25) is 0 Å². The molecule has 3 fully saturated rings. The van der Waals surface area contributed by atoms with Crippen LogP contribution in [0.1, 0.15) is 24.8 Å². The summed E-state index contributed by atoms with van der Waals surface area (Å²) in [6, 6.07) is 7.71. The number of hydrogen-bond donors (Lipinski definition) is 0. The van der Waals surface area contributed by atoms with Gasteiger partial charge in [0, 0.05) is 12.2 Å². The molecule has 7 heteroatoms. The Hall–Kier alpha value is -1.99. The van der Waals surface area contributed by atoms with Crippen LogP contribution in [0.4, 0.5) is 10.1 Å². The molecule has 2 aliphatic heterocycles. The molecule has 0 N–H and O–H groups in total. The van der Waals surface area contributed by atoms with Crippen LogP contribution in [0.3, 0.4) is 0 Å². The molecule has 6 nitrogen and oxygen atoms in total. The van der Waals surface area contributed by atoms with Gasteiger partial charge in [-0.3, -0.25) is 9.59 Å². The summed E-state index contributed by atoms with van der Waals surface area (Å²) in [5.41, 5.74) is -0.735. The molecular weight excluding hydrogens is 351 g/mol. The number of carbonyl (C=O) groups excluding carboxylic acids is 2. The molecule has 1 aliphatic carbocycles. The smallest absolute Gasteiger partial charge is 0.260 e. The van der Waals surface area contributed by atoms with E-state index in [4.69, 9.17) is 9.47 Å². The van der Waals surface area contributed by atoms with Gasteiger partial charge in [0.1, 0.15) is 12.2 Å². The van der Waals surface area contributed by atoms with E-state index in [1.807, 2.05) is 31.2 Å². The number of ether oxygens (including phenoxy) is 2. The topological polar surface area (TPSA) is 59.1 Å². The van der Waals surface area contributed by atoms with Crippen molar-refractivity contribution in [1.82, 2.24) is 4.90 Å². The second-order valence-electron chi connectivity index (χ2n) is 7.89. The first-order valence-electron chi connectivity index (χ1n) is 9.48. The molecular formula is C20H25FN2O4. The van der Waals surface area contributed by atoms with Crippen LogP contribution in [0.5, 0.6) is 0 Å². The Bertz CT molecular complexity index is 751. The highest BCUT2D eigenvalue weighted by atomic mass is 19.1. The second-order valence-corrected chi connectivity index (χ2v) is 7.89. The first-order chi connectivity index (χ1) is 12.9. The van der Waals surface area contributed by atoms with E-state index in [1.165, 1.54) is 4.90 Å². The summed E-state index contributed by atoms with van der Waals surface area (Å²) < 4.78 is 26.3. The summed E-state index contributed by atoms with van der Waals surface area (Å²) in [5, 5.41) is 0. The quantitative estimate of drug-likeness (QED) is 0.790. The van der Waals surface area contributed by atoms with Gasteiger partial charge in [0.15, 0.2) is 5.67 Å². The molecule has 1 unspecified atom stereocenters. The predicted molar refractivity (Wildman–Crippen MR) is 97.3 cm³/mol. The molecule has 0 aromatic heterocycles. The van der Waals surface area contributed by atoms with Crippen molar-refractivity contribution in [2.24, 2.45) is 0 Å². The standard InChI is InChI=1S/C20H25FN2O4/c1-15-4-2-5-16(10-15)23-13-19(27-11-17(23)24)12-22(8-9-26-14-19)18(25)20(21)6-3-7-20/h2,4-5,10H,3,6-9,11-14H2,1H3. The Morgan fingerprint density at radius 3 is 2.78 bits per heavy atom. The van der Waals surface area contributed by atoms with Crippen LogP contribution in [-0.2, 0) is 19.1 Å². The highest BCUT2D eigenvalue weighted by Crippen LogP contribution is 2.38. The van der Waals surface area contributed by atoms with Crippen molar-refractivity contribution in [2.75, 3.05) is 44.4 Å². The van der Waals surface area contributed by atoms with Crippen molar-refractivity contribution in [2.45, 2.75) is 37.5 Å². The number of benzene rings is 1. The lowest BCUT2D eigenvalue weighted by molar-refractivity contribution is -0.158. The molecule has 1 saturated carbocycles. The van der Waals surface area contributed by atoms with Gasteiger partial charge < -0.3 is 19.3 Å². The summed E-state index contributed by atoms with van der Waals surface area (Å²) in [5.74, 6) is -0.601. The summed E-state index contributed by atoms with van der Waals surface area (Å²) in [6.45, 7) is 3.34. The van der Waals surface area contributed by atoms with E-state index < -0.39 is 17.2 Å². The first-order valence-corrected chi connectivity index (χ1v) is 9.48. The molecule has 1 spiro atoms. The van der Waals surface area contributed by atoms with Crippen molar-refractivity contribution in [3.05, 3.63) is 29.8 Å². The third kappa shape index (κ3) is 3.46. The maximum absolute atomic E-state index is 14.7. The average Bonchev–Trinajstić information content (AvgIpc) is 2.84. The lowest BCUT2D eigenvalue weighted by Gasteiger charge is -2.44. The zero-order valence-corrected chi connectivity index (χ0v) is 15.6. The van der Waals surface area contributed by atoms with Crippen LogP contribution in [0.15, 0.2) is 24.3 Å². The minimum absolute atomic E-state index is 0.0832. The molecule has 2 amide bonds. The van der Waals surface area contributed by atoms with Gasteiger partial charge in [0.05, 0.1) is 26.3 Å². The summed E-state index contributed by atoms with van der Waals surface area (Å²) >= 11 is 0. The lowest BCUT2D eigenvalue weighted by atomic mass is 9.80. The number of aryl methyl sites for hydroxylation is 1.